The topological polar surface area (TPSA) is 56.5 Å². The fourth-order valence-electron chi connectivity index (χ4n) is 6.90. The van der Waals surface area contributed by atoms with Gasteiger partial charge in [-0.25, -0.2) is 0 Å². The first kappa shape index (κ1) is 48.8. The van der Waals surface area contributed by atoms with Gasteiger partial charge in [0.05, 0.1) is 18.8 Å². The molecule has 63 heavy (non-hydrogen) atoms. The van der Waals surface area contributed by atoms with E-state index in [0.717, 1.165) is 55.0 Å². The molecule has 2 radical (unpaired) electrons. The summed E-state index contributed by atoms with van der Waals surface area (Å²) in [6.45, 7) is 4.50. The van der Waals surface area contributed by atoms with Gasteiger partial charge in [-0.1, -0.05) is 182 Å². The molecule has 0 amide bonds. The van der Waals surface area contributed by atoms with E-state index in [9.17, 15) is 0 Å². The van der Waals surface area contributed by atoms with Crippen molar-refractivity contribution in [2.24, 2.45) is 0 Å². The zero-order chi connectivity index (χ0) is 42.9. The Morgan fingerprint density at radius 1 is 0.302 bits per heavy atom. The minimum atomic E-state index is -0.316. The molecule has 0 aliphatic rings. The molecule has 9 rings (SSSR count). The van der Waals surface area contributed by atoms with Crippen LogP contribution in [0.5, 0.6) is 0 Å². The smallest absolute Gasteiger partial charge is 1.00 e. The molecule has 0 aliphatic heterocycles. The Bertz CT molecular complexity index is 2060. The van der Waals surface area contributed by atoms with Crippen LogP contribution in [0.25, 0.3) is 0 Å². The summed E-state index contributed by atoms with van der Waals surface area (Å²) in [6, 6.07) is 76.9. The SMILES string of the molecule is [C]=O.[H-].[H-].[H-].[Rh+3].c1ccc(P(CCc2ccco2)c2ccccc2)cc1.c1ccc(P(CCc2ccco2)c2ccccc2)cc1.c1ccc(P(CCc2ccco2)c2ccccc2)cc1. The van der Waals surface area contributed by atoms with Crippen molar-refractivity contribution in [1.29, 1.82) is 0 Å². The fourth-order valence-corrected chi connectivity index (χ4v) is 13.9. The van der Waals surface area contributed by atoms with Gasteiger partial charge in [-0.2, -0.15) is 0 Å². The van der Waals surface area contributed by atoms with Crippen LogP contribution in [0.3, 0.4) is 0 Å². The molecule has 3 heterocycles. The van der Waals surface area contributed by atoms with Crippen LogP contribution >= 0.6 is 23.8 Å². The van der Waals surface area contributed by atoms with Crippen LogP contribution < -0.4 is 31.8 Å². The molecule has 8 heteroatoms. The molecule has 0 saturated carbocycles. The number of hydrogen-bond donors (Lipinski definition) is 0. The van der Waals surface area contributed by atoms with E-state index < -0.39 is 0 Å². The quantitative estimate of drug-likeness (QED) is 0.0759. The van der Waals surface area contributed by atoms with Crippen molar-refractivity contribution >= 4 is 62.4 Å². The van der Waals surface area contributed by atoms with Crippen LogP contribution in [0.4, 0.5) is 0 Å². The number of aryl methyl sites for hydroxylation is 3. The molecule has 0 unspecified atom stereocenters. The largest absolute Gasteiger partial charge is 3.00 e. The Balaban J connectivity index is 0.000000324. The molecule has 4 nitrogen and oxygen atoms in total. The number of benzene rings is 6. The fraction of sp³-hybridized carbons (Fsp3) is 0.109. The van der Waals surface area contributed by atoms with Crippen molar-refractivity contribution < 1.29 is 41.8 Å². The van der Waals surface area contributed by atoms with E-state index in [1.807, 2.05) is 18.2 Å². The molecule has 9 aromatic rings. The third-order valence-electron chi connectivity index (χ3n) is 9.89. The second kappa shape index (κ2) is 28.4. The number of hydrogen-bond acceptors (Lipinski definition) is 4. The molecule has 322 valence electrons. The Labute approximate surface area is 394 Å². The molecule has 0 bridgehead atoms. The minimum Gasteiger partial charge on any atom is -1.00 e. The number of furan rings is 3. The van der Waals surface area contributed by atoms with Crippen molar-refractivity contribution in [2.75, 3.05) is 18.5 Å². The molecular weight excluding hydrogens is 920 g/mol. The first-order chi connectivity index (χ1) is 30.8. The maximum absolute atomic E-state index is 7.50. The van der Waals surface area contributed by atoms with E-state index >= 15 is 0 Å². The monoisotopic (exact) mass is 974 g/mol. The summed E-state index contributed by atoms with van der Waals surface area (Å²) in [7, 11) is -0.947. The van der Waals surface area contributed by atoms with E-state index in [1.54, 1.807) is 18.8 Å². The maximum atomic E-state index is 7.50. The summed E-state index contributed by atoms with van der Waals surface area (Å²) in [5, 5.41) is 8.58. The van der Waals surface area contributed by atoms with Gasteiger partial charge in [0.2, 0.25) is 0 Å². The molecule has 0 atom stereocenters. The van der Waals surface area contributed by atoms with Crippen LogP contribution in [-0.2, 0) is 43.5 Å². The van der Waals surface area contributed by atoms with Crippen LogP contribution in [0.15, 0.2) is 250 Å². The molecular formula is C55H54O4P3Rh. The zero-order valence-electron chi connectivity index (χ0n) is 38.1. The third kappa shape index (κ3) is 16.1. The summed E-state index contributed by atoms with van der Waals surface area (Å²) in [4.78, 5) is 7.50. The van der Waals surface area contributed by atoms with E-state index in [1.165, 1.54) is 31.8 Å². The van der Waals surface area contributed by atoms with Gasteiger partial charge in [-0.05, 0) is 110 Å². The van der Waals surface area contributed by atoms with Gasteiger partial charge in [-0.3, -0.25) is 4.79 Å². The Kier molecular flexibility index (Phi) is 22.0. The second-order valence-corrected chi connectivity index (χ2v) is 21.0. The maximum Gasteiger partial charge on any atom is 3.00 e. The molecule has 0 fully saturated rings. The van der Waals surface area contributed by atoms with Gasteiger partial charge in [0.25, 0.3) is 6.79 Å². The van der Waals surface area contributed by atoms with Crippen molar-refractivity contribution in [3.8, 4) is 0 Å². The van der Waals surface area contributed by atoms with E-state index in [2.05, 4.69) is 207 Å². The predicted octanol–water partition coefficient (Wildman–Crippen LogP) is 11.8. The molecule has 6 aromatic carbocycles. The van der Waals surface area contributed by atoms with Crippen LogP contribution in [-0.4, -0.2) is 25.3 Å². The Morgan fingerprint density at radius 3 is 0.651 bits per heavy atom. The number of rotatable bonds is 15. The Hall–Kier alpha value is -5.26. The van der Waals surface area contributed by atoms with Crippen molar-refractivity contribution in [3.63, 3.8) is 0 Å². The van der Waals surface area contributed by atoms with Gasteiger partial charge < -0.3 is 17.5 Å². The molecule has 0 N–H and O–H groups in total. The average molecular weight is 975 g/mol. The minimum absolute atomic E-state index is 0. The van der Waals surface area contributed by atoms with Crippen LogP contribution in [0, 0.1) is 0 Å². The predicted molar refractivity (Wildman–Crippen MR) is 268 cm³/mol. The van der Waals surface area contributed by atoms with E-state index in [4.69, 9.17) is 18.0 Å². The summed E-state index contributed by atoms with van der Waals surface area (Å²) in [5.74, 6) is 3.22. The van der Waals surface area contributed by atoms with Crippen LogP contribution in [0.2, 0.25) is 0 Å². The average Bonchev–Trinajstić information content (AvgIpc) is 4.19. The Morgan fingerprint density at radius 2 is 0.492 bits per heavy atom. The number of carbonyl (C=O) groups excluding carboxylic acids is 1. The summed E-state index contributed by atoms with van der Waals surface area (Å²) in [5.41, 5.74) is 0. The van der Waals surface area contributed by atoms with Crippen molar-refractivity contribution in [2.45, 2.75) is 19.3 Å². The summed E-state index contributed by atoms with van der Waals surface area (Å²) < 4.78 is 16.4. The molecule has 3 aromatic heterocycles. The van der Waals surface area contributed by atoms with Gasteiger partial charge in [0.1, 0.15) is 17.3 Å². The van der Waals surface area contributed by atoms with Crippen molar-refractivity contribution in [1.82, 2.24) is 0 Å². The van der Waals surface area contributed by atoms with E-state index in [-0.39, 0.29) is 47.5 Å². The first-order valence-corrected chi connectivity index (χ1v) is 25.3. The molecule has 0 spiro atoms. The normalized spacial score (nSPS) is 10.4. The van der Waals surface area contributed by atoms with Gasteiger partial charge >= 0.3 is 19.5 Å². The first-order valence-electron chi connectivity index (χ1n) is 20.7. The molecule has 0 aliphatic carbocycles. The summed E-state index contributed by atoms with van der Waals surface area (Å²) >= 11 is 0. The van der Waals surface area contributed by atoms with Gasteiger partial charge in [-0.15, -0.1) is 0 Å². The van der Waals surface area contributed by atoms with E-state index in [0.29, 0.717) is 0 Å². The third-order valence-corrected chi connectivity index (χ3v) is 17.4. The van der Waals surface area contributed by atoms with Crippen LogP contribution in [0.1, 0.15) is 21.6 Å². The molecule has 0 saturated heterocycles. The standard InChI is InChI=1S/3C18H17OP.CO.Rh.3H/c3*1-3-9-17(10-4-1)20(18-11-5-2-6-12-18)15-13-16-8-7-14-19-16;1-2;;;;/h3*1-12,14H,13,15H2;;;;;/q;;;;+3;3*-1. The van der Waals surface area contributed by atoms with Gasteiger partial charge in [0, 0.05) is 19.3 Å². The zero-order valence-corrected chi connectivity index (χ0v) is 39.4. The summed E-state index contributed by atoms with van der Waals surface area (Å²) in [6.07, 6.45) is 11.6. The second-order valence-electron chi connectivity index (χ2n) is 14.0. The van der Waals surface area contributed by atoms with Crippen molar-refractivity contribution in [3.05, 3.63) is 254 Å². The van der Waals surface area contributed by atoms with Gasteiger partial charge in [0.15, 0.2) is 0 Å².